The van der Waals surface area contributed by atoms with Gasteiger partial charge < -0.3 is 10.2 Å². The summed E-state index contributed by atoms with van der Waals surface area (Å²) in [5.74, 6) is 1.43. The maximum absolute atomic E-state index is 12.3. The van der Waals surface area contributed by atoms with Gasteiger partial charge in [0.25, 0.3) is 0 Å². The van der Waals surface area contributed by atoms with Crippen molar-refractivity contribution in [3.63, 3.8) is 0 Å². The standard InChI is InChI=1S/C18H24N2O2/c21-17(19-16-7-2-1-3-8-16)9-10-18(22)20-12-14-5-4-6-15(11-14)13-20/h1-3,7-8,14-15H,4-6,9-13H2,(H,19,21)/t14-,15-/m1/s1. The lowest BCUT2D eigenvalue weighted by molar-refractivity contribution is -0.136. The highest BCUT2D eigenvalue weighted by molar-refractivity contribution is 5.93. The summed E-state index contributed by atoms with van der Waals surface area (Å²) in [6, 6.07) is 9.38. The molecule has 2 atom stereocenters. The van der Waals surface area contributed by atoms with Gasteiger partial charge in [-0.2, -0.15) is 0 Å². The van der Waals surface area contributed by atoms with E-state index < -0.39 is 0 Å². The van der Waals surface area contributed by atoms with E-state index in [1.54, 1.807) is 0 Å². The second-order valence-electron chi connectivity index (χ2n) is 6.61. The molecule has 1 heterocycles. The molecule has 22 heavy (non-hydrogen) atoms. The Bertz CT molecular complexity index is 517. The Balaban J connectivity index is 1.45. The van der Waals surface area contributed by atoms with Gasteiger partial charge in [0, 0.05) is 31.6 Å². The van der Waals surface area contributed by atoms with Gasteiger partial charge in [0.1, 0.15) is 0 Å². The highest BCUT2D eigenvalue weighted by atomic mass is 16.2. The second-order valence-corrected chi connectivity index (χ2v) is 6.61. The summed E-state index contributed by atoms with van der Waals surface area (Å²) in [6.07, 6.45) is 5.70. The van der Waals surface area contributed by atoms with Gasteiger partial charge >= 0.3 is 0 Å². The van der Waals surface area contributed by atoms with Crippen LogP contribution in [0.3, 0.4) is 0 Å². The number of nitrogens with one attached hydrogen (secondary N) is 1. The van der Waals surface area contributed by atoms with Gasteiger partial charge in [0.15, 0.2) is 0 Å². The normalized spacial score (nSPS) is 23.9. The minimum absolute atomic E-state index is 0.0863. The fourth-order valence-corrected chi connectivity index (χ4v) is 3.76. The minimum atomic E-state index is -0.0863. The summed E-state index contributed by atoms with van der Waals surface area (Å²) in [5, 5.41) is 2.83. The number of rotatable bonds is 4. The number of carbonyl (C=O) groups is 2. The van der Waals surface area contributed by atoms with E-state index in [2.05, 4.69) is 5.32 Å². The van der Waals surface area contributed by atoms with Crippen molar-refractivity contribution >= 4 is 17.5 Å². The van der Waals surface area contributed by atoms with E-state index in [1.807, 2.05) is 35.2 Å². The van der Waals surface area contributed by atoms with Gasteiger partial charge in [-0.1, -0.05) is 24.6 Å². The number of fused-ring (bicyclic) bond motifs is 2. The van der Waals surface area contributed by atoms with Crippen LogP contribution in [0.2, 0.25) is 0 Å². The van der Waals surface area contributed by atoms with Crippen molar-refractivity contribution < 1.29 is 9.59 Å². The number of amides is 2. The van der Waals surface area contributed by atoms with Gasteiger partial charge in [0.05, 0.1) is 0 Å². The van der Waals surface area contributed by atoms with Crippen molar-refractivity contribution in [2.24, 2.45) is 11.8 Å². The fourth-order valence-electron chi connectivity index (χ4n) is 3.76. The molecule has 0 aromatic heterocycles. The van der Waals surface area contributed by atoms with Crippen LogP contribution in [0, 0.1) is 11.8 Å². The molecule has 2 aliphatic rings. The average Bonchev–Trinajstić information content (AvgIpc) is 2.53. The second kappa shape index (κ2) is 6.95. The van der Waals surface area contributed by atoms with Crippen molar-refractivity contribution in [1.82, 2.24) is 4.90 Å². The molecule has 1 aromatic carbocycles. The highest BCUT2D eigenvalue weighted by Crippen LogP contribution is 2.34. The molecule has 1 aliphatic heterocycles. The van der Waals surface area contributed by atoms with Crippen LogP contribution in [0.25, 0.3) is 0 Å². The molecule has 1 saturated carbocycles. The molecule has 1 aliphatic carbocycles. The first-order chi connectivity index (χ1) is 10.7. The maximum atomic E-state index is 12.3. The summed E-state index contributed by atoms with van der Waals surface area (Å²) < 4.78 is 0. The Labute approximate surface area is 131 Å². The SMILES string of the molecule is O=C(CCC(=O)N1C[C@@H]2CCC[C@H](C2)C1)Nc1ccccc1. The van der Waals surface area contributed by atoms with Crippen LogP contribution >= 0.6 is 0 Å². The third-order valence-electron chi connectivity index (χ3n) is 4.82. The molecule has 0 unspecified atom stereocenters. The predicted octanol–water partition coefficient (Wildman–Crippen LogP) is 3.05. The molecule has 4 heteroatoms. The summed E-state index contributed by atoms with van der Waals surface area (Å²) in [6.45, 7) is 1.80. The third-order valence-corrected chi connectivity index (χ3v) is 4.82. The maximum Gasteiger partial charge on any atom is 0.224 e. The van der Waals surface area contributed by atoms with Crippen molar-refractivity contribution in [3.8, 4) is 0 Å². The van der Waals surface area contributed by atoms with Crippen LogP contribution in [-0.2, 0) is 9.59 Å². The third kappa shape index (κ3) is 3.87. The molecule has 1 aromatic rings. The molecule has 4 nitrogen and oxygen atoms in total. The van der Waals surface area contributed by atoms with E-state index in [-0.39, 0.29) is 18.2 Å². The minimum Gasteiger partial charge on any atom is -0.342 e. The lowest BCUT2D eigenvalue weighted by Gasteiger charge is -2.41. The molecule has 1 saturated heterocycles. The summed E-state index contributed by atoms with van der Waals surface area (Å²) >= 11 is 0. The number of benzene rings is 1. The van der Waals surface area contributed by atoms with Gasteiger partial charge in [-0.25, -0.2) is 0 Å². The Hall–Kier alpha value is -1.84. The van der Waals surface area contributed by atoms with Gasteiger partial charge in [0.2, 0.25) is 11.8 Å². The number of anilines is 1. The van der Waals surface area contributed by atoms with Gasteiger partial charge in [-0.05, 0) is 43.2 Å². The molecule has 3 rings (SSSR count). The topological polar surface area (TPSA) is 49.4 Å². The molecule has 2 amide bonds. The zero-order valence-electron chi connectivity index (χ0n) is 13.0. The quantitative estimate of drug-likeness (QED) is 0.929. The number of para-hydroxylation sites is 1. The molecular formula is C18H24N2O2. The van der Waals surface area contributed by atoms with Crippen molar-refractivity contribution in [2.45, 2.75) is 38.5 Å². The first kappa shape index (κ1) is 15.1. The number of piperidine rings is 1. The lowest BCUT2D eigenvalue weighted by atomic mass is 9.78. The molecule has 2 fully saturated rings. The Kier molecular flexibility index (Phi) is 4.76. The van der Waals surface area contributed by atoms with Crippen LogP contribution in [0.15, 0.2) is 30.3 Å². The molecule has 0 spiro atoms. The molecule has 0 radical (unpaired) electrons. The van der Waals surface area contributed by atoms with E-state index in [9.17, 15) is 9.59 Å². The van der Waals surface area contributed by atoms with Gasteiger partial charge in [-0.3, -0.25) is 9.59 Å². The lowest BCUT2D eigenvalue weighted by Crippen LogP contribution is -2.45. The molecular weight excluding hydrogens is 276 g/mol. The first-order valence-electron chi connectivity index (χ1n) is 8.33. The van der Waals surface area contributed by atoms with Crippen LogP contribution in [0.1, 0.15) is 38.5 Å². The number of carbonyl (C=O) groups excluding carboxylic acids is 2. The van der Waals surface area contributed by atoms with Crippen LogP contribution in [0.5, 0.6) is 0 Å². The Morgan fingerprint density at radius 1 is 1.05 bits per heavy atom. The zero-order chi connectivity index (χ0) is 15.4. The smallest absolute Gasteiger partial charge is 0.224 e. The molecule has 2 bridgehead atoms. The van der Waals surface area contributed by atoms with E-state index in [0.717, 1.165) is 18.8 Å². The fraction of sp³-hybridized carbons (Fsp3) is 0.556. The van der Waals surface area contributed by atoms with Crippen LogP contribution < -0.4 is 5.32 Å². The van der Waals surface area contributed by atoms with E-state index in [0.29, 0.717) is 18.3 Å². The number of likely N-dealkylation sites (tertiary alicyclic amines) is 1. The van der Waals surface area contributed by atoms with Gasteiger partial charge in [-0.15, -0.1) is 0 Å². The summed E-state index contributed by atoms with van der Waals surface area (Å²) in [7, 11) is 0. The molecule has 118 valence electrons. The van der Waals surface area contributed by atoms with E-state index in [1.165, 1.54) is 25.7 Å². The van der Waals surface area contributed by atoms with E-state index >= 15 is 0 Å². The van der Waals surface area contributed by atoms with Crippen LogP contribution in [-0.4, -0.2) is 29.8 Å². The average molecular weight is 300 g/mol. The van der Waals surface area contributed by atoms with Crippen molar-refractivity contribution in [2.75, 3.05) is 18.4 Å². The summed E-state index contributed by atoms with van der Waals surface area (Å²) in [5.41, 5.74) is 0.785. The predicted molar refractivity (Wildman–Crippen MR) is 86.3 cm³/mol. The summed E-state index contributed by atoms with van der Waals surface area (Å²) in [4.78, 5) is 26.2. The van der Waals surface area contributed by atoms with Crippen LogP contribution in [0.4, 0.5) is 5.69 Å². The number of hydrogen-bond donors (Lipinski definition) is 1. The van der Waals surface area contributed by atoms with E-state index in [4.69, 9.17) is 0 Å². The van der Waals surface area contributed by atoms with Crippen molar-refractivity contribution in [1.29, 1.82) is 0 Å². The number of nitrogens with zero attached hydrogens (tertiary/aromatic N) is 1. The highest BCUT2D eigenvalue weighted by Gasteiger charge is 2.32. The Morgan fingerprint density at radius 3 is 2.41 bits per heavy atom. The molecule has 1 N–H and O–H groups in total. The zero-order valence-corrected chi connectivity index (χ0v) is 13.0. The van der Waals surface area contributed by atoms with Crippen molar-refractivity contribution in [3.05, 3.63) is 30.3 Å². The Morgan fingerprint density at radius 2 is 1.73 bits per heavy atom. The number of hydrogen-bond acceptors (Lipinski definition) is 2. The monoisotopic (exact) mass is 300 g/mol. The first-order valence-corrected chi connectivity index (χ1v) is 8.33. The largest absolute Gasteiger partial charge is 0.342 e.